The number of nitrogens with one attached hydrogen (secondary N) is 1. The quantitative estimate of drug-likeness (QED) is 0.839. The number of hydrogen-bond donors (Lipinski definition) is 1. The van der Waals surface area contributed by atoms with Crippen LogP contribution in [0, 0.1) is 6.92 Å². The Hall–Kier alpha value is -0.910. The highest BCUT2D eigenvalue weighted by Crippen LogP contribution is 2.08. The van der Waals surface area contributed by atoms with Crippen molar-refractivity contribution in [3.8, 4) is 0 Å². The van der Waals surface area contributed by atoms with Crippen LogP contribution < -0.4 is 4.72 Å². The molecule has 0 aliphatic heterocycles. The van der Waals surface area contributed by atoms with Gasteiger partial charge >= 0.3 is 0 Å². The SMILES string of the molecule is COCC(C)NS(=O)(=O)Cc1cccc(C)c1. The van der Waals surface area contributed by atoms with Crippen LogP contribution in [0.4, 0.5) is 0 Å². The van der Waals surface area contributed by atoms with E-state index >= 15 is 0 Å². The average Bonchev–Trinajstić information content (AvgIpc) is 2.15. The maximum atomic E-state index is 11.8. The van der Waals surface area contributed by atoms with Crippen molar-refractivity contribution < 1.29 is 13.2 Å². The third-order valence-electron chi connectivity index (χ3n) is 2.24. The lowest BCUT2D eigenvalue weighted by Gasteiger charge is -2.13. The zero-order valence-electron chi connectivity index (χ0n) is 10.4. The lowest BCUT2D eigenvalue weighted by molar-refractivity contribution is 0.180. The summed E-state index contributed by atoms with van der Waals surface area (Å²) in [5, 5.41) is 0. The molecule has 0 fully saturated rings. The Balaban J connectivity index is 2.67. The van der Waals surface area contributed by atoms with E-state index in [2.05, 4.69) is 4.72 Å². The van der Waals surface area contributed by atoms with Crippen molar-refractivity contribution in [3.63, 3.8) is 0 Å². The second-order valence-electron chi connectivity index (χ2n) is 4.22. The van der Waals surface area contributed by atoms with E-state index in [1.807, 2.05) is 31.2 Å². The Morgan fingerprint density at radius 3 is 2.71 bits per heavy atom. The van der Waals surface area contributed by atoms with Crippen LogP contribution in [0.3, 0.4) is 0 Å². The van der Waals surface area contributed by atoms with Crippen LogP contribution in [0.1, 0.15) is 18.1 Å². The molecule has 1 rings (SSSR count). The Bertz CT molecular complexity index is 457. The van der Waals surface area contributed by atoms with E-state index in [1.165, 1.54) is 0 Å². The number of sulfonamides is 1. The molecule has 17 heavy (non-hydrogen) atoms. The molecular formula is C12H19NO3S. The first-order valence-electron chi connectivity index (χ1n) is 5.47. The topological polar surface area (TPSA) is 55.4 Å². The highest BCUT2D eigenvalue weighted by Gasteiger charge is 2.15. The normalized spacial score (nSPS) is 13.6. The highest BCUT2D eigenvalue weighted by atomic mass is 32.2. The molecule has 1 aromatic carbocycles. The summed E-state index contributed by atoms with van der Waals surface area (Å²) < 4.78 is 31.1. The van der Waals surface area contributed by atoms with Gasteiger partial charge in [0, 0.05) is 13.2 Å². The first kappa shape index (κ1) is 14.2. The summed E-state index contributed by atoms with van der Waals surface area (Å²) in [6, 6.07) is 7.28. The van der Waals surface area contributed by atoms with Crippen molar-refractivity contribution in [3.05, 3.63) is 35.4 Å². The molecule has 4 nitrogen and oxygen atoms in total. The lowest BCUT2D eigenvalue weighted by Crippen LogP contribution is -2.36. The summed E-state index contributed by atoms with van der Waals surface area (Å²) in [6.07, 6.45) is 0. The van der Waals surface area contributed by atoms with Gasteiger partial charge in [0.05, 0.1) is 12.4 Å². The molecule has 0 saturated heterocycles. The molecule has 0 aliphatic carbocycles. The molecule has 0 spiro atoms. The van der Waals surface area contributed by atoms with E-state index in [1.54, 1.807) is 14.0 Å². The summed E-state index contributed by atoms with van der Waals surface area (Å²) in [5.74, 6) is 0.00271. The van der Waals surface area contributed by atoms with Gasteiger partial charge in [0.1, 0.15) is 0 Å². The minimum Gasteiger partial charge on any atom is -0.383 e. The van der Waals surface area contributed by atoms with E-state index in [0.29, 0.717) is 6.61 Å². The first-order valence-corrected chi connectivity index (χ1v) is 7.12. The van der Waals surface area contributed by atoms with Crippen LogP contribution in [-0.2, 0) is 20.5 Å². The van der Waals surface area contributed by atoms with Crippen molar-refractivity contribution in [1.29, 1.82) is 0 Å². The zero-order valence-corrected chi connectivity index (χ0v) is 11.3. The number of methoxy groups -OCH3 is 1. The van der Waals surface area contributed by atoms with Gasteiger partial charge in [-0.3, -0.25) is 0 Å². The molecule has 5 heteroatoms. The largest absolute Gasteiger partial charge is 0.383 e. The van der Waals surface area contributed by atoms with Crippen LogP contribution in [0.15, 0.2) is 24.3 Å². The molecule has 0 aromatic heterocycles. The minimum atomic E-state index is -3.30. The molecule has 0 radical (unpaired) electrons. The smallest absolute Gasteiger partial charge is 0.216 e. The fraction of sp³-hybridized carbons (Fsp3) is 0.500. The van der Waals surface area contributed by atoms with Gasteiger partial charge in [0.25, 0.3) is 0 Å². The van der Waals surface area contributed by atoms with Crippen LogP contribution in [0.5, 0.6) is 0 Å². The van der Waals surface area contributed by atoms with Crippen LogP contribution >= 0.6 is 0 Å². The van der Waals surface area contributed by atoms with Crippen molar-refractivity contribution >= 4 is 10.0 Å². The molecule has 0 bridgehead atoms. The molecule has 1 aromatic rings. The van der Waals surface area contributed by atoms with Gasteiger partial charge in [-0.15, -0.1) is 0 Å². The fourth-order valence-corrected chi connectivity index (χ4v) is 3.04. The van der Waals surface area contributed by atoms with Gasteiger partial charge in [-0.05, 0) is 19.4 Å². The van der Waals surface area contributed by atoms with E-state index in [4.69, 9.17) is 4.74 Å². The second-order valence-corrected chi connectivity index (χ2v) is 5.98. The number of rotatable bonds is 6. The van der Waals surface area contributed by atoms with Gasteiger partial charge in [-0.1, -0.05) is 29.8 Å². The average molecular weight is 257 g/mol. The molecule has 0 heterocycles. The molecule has 0 amide bonds. The number of ether oxygens (including phenoxy) is 1. The van der Waals surface area contributed by atoms with Crippen LogP contribution in [0.2, 0.25) is 0 Å². The van der Waals surface area contributed by atoms with Crippen molar-refractivity contribution in [1.82, 2.24) is 4.72 Å². The second kappa shape index (κ2) is 6.14. The molecule has 96 valence electrons. The van der Waals surface area contributed by atoms with E-state index in [9.17, 15) is 8.42 Å². The number of hydrogen-bond acceptors (Lipinski definition) is 3. The van der Waals surface area contributed by atoms with Crippen molar-refractivity contribution in [2.45, 2.75) is 25.6 Å². The molecule has 1 unspecified atom stereocenters. The maximum Gasteiger partial charge on any atom is 0.216 e. The third-order valence-corrected chi connectivity index (χ3v) is 3.71. The van der Waals surface area contributed by atoms with Crippen molar-refractivity contribution in [2.75, 3.05) is 13.7 Å². The minimum absolute atomic E-state index is 0.00271. The van der Waals surface area contributed by atoms with Gasteiger partial charge in [-0.25, -0.2) is 13.1 Å². The summed E-state index contributed by atoms with van der Waals surface area (Å²) in [4.78, 5) is 0. The standard InChI is InChI=1S/C12H19NO3S/c1-10-5-4-6-12(7-10)9-17(14,15)13-11(2)8-16-3/h4-7,11,13H,8-9H2,1-3H3. The molecule has 0 aliphatic rings. The van der Waals surface area contributed by atoms with Gasteiger partial charge < -0.3 is 4.74 Å². The van der Waals surface area contributed by atoms with Gasteiger partial charge in [-0.2, -0.15) is 0 Å². The summed E-state index contributed by atoms with van der Waals surface area (Å²) in [6.45, 7) is 4.08. The van der Waals surface area contributed by atoms with E-state index in [0.717, 1.165) is 11.1 Å². The monoisotopic (exact) mass is 257 g/mol. The number of aryl methyl sites for hydroxylation is 1. The fourth-order valence-electron chi connectivity index (χ4n) is 1.65. The van der Waals surface area contributed by atoms with Crippen LogP contribution in [0.25, 0.3) is 0 Å². The Morgan fingerprint density at radius 2 is 2.12 bits per heavy atom. The molecule has 1 atom stereocenters. The van der Waals surface area contributed by atoms with E-state index in [-0.39, 0.29) is 11.8 Å². The molecule has 0 saturated carbocycles. The van der Waals surface area contributed by atoms with Crippen LogP contribution in [-0.4, -0.2) is 28.2 Å². The van der Waals surface area contributed by atoms with E-state index < -0.39 is 10.0 Å². The van der Waals surface area contributed by atoms with Gasteiger partial charge in [0.2, 0.25) is 10.0 Å². The first-order chi connectivity index (χ1) is 7.93. The third kappa shape index (κ3) is 5.30. The highest BCUT2D eigenvalue weighted by molar-refractivity contribution is 7.88. The zero-order chi connectivity index (χ0) is 12.9. The Labute approximate surface area is 103 Å². The lowest BCUT2D eigenvalue weighted by atomic mass is 10.2. The van der Waals surface area contributed by atoms with Gasteiger partial charge in [0.15, 0.2) is 0 Å². The Morgan fingerprint density at radius 1 is 1.41 bits per heavy atom. The van der Waals surface area contributed by atoms with Crippen molar-refractivity contribution in [2.24, 2.45) is 0 Å². The number of benzene rings is 1. The predicted molar refractivity (Wildman–Crippen MR) is 68.3 cm³/mol. The summed E-state index contributed by atoms with van der Waals surface area (Å²) >= 11 is 0. The maximum absolute atomic E-state index is 11.8. The Kier molecular flexibility index (Phi) is 5.11. The molecule has 1 N–H and O–H groups in total. The predicted octanol–water partition coefficient (Wildman–Crippen LogP) is 1.45. The summed E-state index contributed by atoms with van der Waals surface area (Å²) in [7, 11) is -1.76. The summed E-state index contributed by atoms with van der Waals surface area (Å²) in [5.41, 5.74) is 1.85. The molecular weight excluding hydrogens is 238 g/mol.